The van der Waals surface area contributed by atoms with Crippen LogP contribution in [0.4, 0.5) is 0 Å². The smallest absolute Gasteiger partial charge is 0.201 e. The van der Waals surface area contributed by atoms with Crippen molar-refractivity contribution < 1.29 is 0 Å². The minimum atomic E-state index is 0.493. The summed E-state index contributed by atoms with van der Waals surface area (Å²) in [7, 11) is 0. The molecule has 0 radical (unpaired) electrons. The molecule has 25 heavy (non-hydrogen) atoms. The molecule has 0 aliphatic heterocycles. The number of tetrazole rings is 1. The number of benzene rings is 1. The van der Waals surface area contributed by atoms with Crippen LogP contribution in [-0.2, 0) is 0 Å². The number of aromatic nitrogens is 8. The summed E-state index contributed by atoms with van der Waals surface area (Å²) < 4.78 is 3.25. The topological polar surface area (TPSA) is 86.2 Å². The normalized spacial score (nSPS) is 11.6. The van der Waals surface area contributed by atoms with E-state index >= 15 is 0 Å². The molecule has 0 aliphatic rings. The van der Waals surface area contributed by atoms with Gasteiger partial charge in [0.1, 0.15) is 5.01 Å². The molecule has 0 N–H and O–H groups in total. The number of fused-ring (bicyclic) bond motifs is 2. The SMILES string of the molecule is Clc1ccc(-c2nnc3sc(-c4ccn5nnnc5c4)nn23)c(Cl)c1. The minimum absolute atomic E-state index is 0.493. The minimum Gasteiger partial charge on any atom is -0.201 e. The van der Waals surface area contributed by atoms with Gasteiger partial charge in [0.2, 0.25) is 4.96 Å². The molecule has 0 unspecified atom stereocenters. The molecule has 0 amide bonds. The van der Waals surface area contributed by atoms with Gasteiger partial charge in [-0.05, 0) is 40.8 Å². The summed E-state index contributed by atoms with van der Waals surface area (Å²) in [6.45, 7) is 0. The van der Waals surface area contributed by atoms with Gasteiger partial charge in [0.15, 0.2) is 11.5 Å². The van der Waals surface area contributed by atoms with Gasteiger partial charge in [-0.2, -0.15) is 9.61 Å². The highest BCUT2D eigenvalue weighted by molar-refractivity contribution is 7.19. The average molecular weight is 389 g/mol. The van der Waals surface area contributed by atoms with Crippen molar-refractivity contribution in [3.05, 3.63) is 46.6 Å². The summed E-state index contributed by atoms with van der Waals surface area (Å²) >= 11 is 13.7. The summed E-state index contributed by atoms with van der Waals surface area (Å²) in [5, 5.41) is 26.2. The number of pyridine rings is 1. The Morgan fingerprint density at radius 1 is 1.00 bits per heavy atom. The van der Waals surface area contributed by atoms with E-state index in [1.807, 2.05) is 12.1 Å². The summed E-state index contributed by atoms with van der Waals surface area (Å²) in [5.41, 5.74) is 2.25. The number of hydrogen-bond donors (Lipinski definition) is 0. The van der Waals surface area contributed by atoms with Gasteiger partial charge in [0, 0.05) is 22.3 Å². The number of nitrogens with zero attached hydrogens (tertiary/aromatic N) is 8. The van der Waals surface area contributed by atoms with Gasteiger partial charge in [-0.15, -0.1) is 15.3 Å². The predicted molar refractivity (Wildman–Crippen MR) is 93.9 cm³/mol. The van der Waals surface area contributed by atoms with E-state index in [1.54, 1.807) is 33.4 Å². The Morgan fingerprint density at radius 2 is 1.92 bits per heavy atom. The largest absolute Gasteiger partial charge is 0.235 e. The van der Waals surface area contributed by atoms with Crippen LogP contribution in [0.1, 0.15) is 0 Å². The van der Waals surface area contributed by atoms with E-state index < -0.39 is 0 Å². The third-order valence-electron chi connectivity index (χ3n) is 3.61. The van der Waals surface area contributed by atoms with Crippen molar-refractivity contribution in [1.82, 2.24) is 39.9 Å². The molecule has 0 bridgehead atoms. The highest BCUT2D eigenvalue weighted by Crippen LogP contribution is 2.32. The first-order chi connectivity index (χ1) is 12.2. The van der Waals surface area contributed by atoms with Gasteiger partial charge >= 0.3 is 0 Å². The second-order valence-corrected chi connectivity index (χ2v) is 6.95. The van der Waals surface area contributed by atoms with Crippen molar-refractivity contribution in [3.63, 3.8) is 0 Å². The fourth-order valence-corrected chi connectivity index (χ4v) is 3.77. The molecular weight excluding hydrogens is 383 g/mol. The Morgan fingerprint density at radius 3 is 2.80 bits per heavy atom. The van der Waals surface area contributed by atoms with Crippen LogP contribution >= 0.6 is 34.5 Å². The van der Waals surface area contributed by atoms with Crippen molar-refractivity contribution in [1.29, 1.82) is 0 Å². The zero-order chi connectivity index (χ0) is 17.0. The molecule has 0 fully saturated rings. The fraction of sp³-hybridized carbons (Fsp3) is 0. The van der Waals surface area contributed by atoms with E-state index in [0.29, 0.717) is 32.0 Å². The number of rotatable bonds is 2. The second kappa shape index (κ2) is 5.45. The van der Waals surface area contributed by atoms with Crippen LogP contribution in [0.2, 0.25) is 10.0 Å². The molecule has 0 saturated heterocycles. The third kappa shape index (κ3) is 2.36. The molecule has 0 saturated carbocycles. The molecule has 0 atom stereocenters. The second-order valence-electron chi connectivity index (χ2n) is 5.15. The fourth-order valence-electron chi connectivity index (χ4n) is 2.45. The molecule has 5 rings (SSSR count). The third-order valence-corrected chi connectivity index (χ3v) is 5.10. The van der Waals surface area contributed by atoms with Crippen LogP contribution in [0.25, 0.3) is 32.6 Å². The lowest BCUT2D eigenvalue weighted by atomic mass is 10.2. The maximum absolute atomic E-state index is 6.28. The lowest BCUT2D eigenvalue weighted by molar-refractivity contribution is 0.823. The van der Waals surface area contributed by atoms with E-state index in [1.165, 1.54) is 11.3 Å². The Labute approximate surface area is 153 Å². The number of hydrogen-bond acceptors (Lipinski definition) is 7. The molecule has 0 aliphatic carbocycles. The molecule has 1 aromatic carbocycles. The Bertz CT molecular complexity index is 1240. The molecule has 122 valence electrons. The molecular formula is C14H6Cl2N8S. The number of halogens is 2. The van der Waals surface area contributed by atoms with Crippen LogP contribution < -0.4 is 0 Å². The molecule has 0 spiro atoms. The quantitative estimate of drug-likeness (QED) is 0.461. The van der Waals surface area contributed by atoms with Gasteiger partial charge in [0.05, 0.1) is 5.02 Å². The zero-order valence-corrected chi connectivity index (χ0v) is 14.5. The van der Waals surface area contributed by atoms with Crippen LogP contribution in [0.5, 0.6) is 0 Å². The van der Waals surface area contributed by atoms with Gasteiger partial charge in [-0.25, -0.2) is 4.52 Å². The monoisotopic (exact) mass is 388 g/mol. The Hall–Kier alpha value is -2.62. The summed E-state index contributed by atoms with van der Waals surface area (Å²) in [4.78, 5) is 0.662. The van der Waals surface area contributed by atoms with Crippen LogP contribution in [0.3, 0.4) is 0 Å². The Kier molecular flexibility index (Phi) is 3.20. The van der Waals surface area contributed by atoms with E-state index in [4.69, 9.17) is 23.2 Å². The van der Waals surface area contributed by atoms with Gasteiger partial charge in [-0.1, -0.05) is 34.5 Å². The molecule has 4 aromatic heterocycles. The van der Waals surface area contributed by atoms with Crippen LogP contribution in [0.15, 0.2) is 36.5 Å². The van der Waals surface area contributed by atoms with Crippen molar-refractivity contribution in [2.75, 3.05) is 0 Å². The van der Waals surface area contributed by atoms with Crippen LogP contribution in [0, 0.1) is 0 Å². The highest BCUT2D eigenvalue weighted by Gasteiger charge is 2.17. The standard InChI is InChI=1S/C14H6Cl2N8S/c15-8-1-2-9(10(16)6-8)12-18-19-14-24(12)20-13(25-14)7-3-4-23-11(5-7)17-21-22-23/h1-6H. The van der Waals surface area contributed by atoms with E-state index in [2.05, 4.69) is 30.8 Å². The van der Waals surface area contributed by atoms with Crippen molar-refractivity contribution in [3.8, 4) is 22.0 Å². The summed E-state index contributed by atoms with van der Waals surface area (Å²) in [6, 6.07) is 8.97. The van der Waals surface area contributed by atoms with Crippen molar-refractivity contribution in [2.24, 2.45) is 0 Å². The highest BCUT2D eigenvalue weighted by atomic mass is 35.5. The van der Waals surface area contributed by atoms with Gasteiger partial charge in [-0.3, -0.25) is 0 Å². The van der Waals surface area contributed by atoms with Gasteiger partial charge in [0.25, 0.3) is 0 Å². The lowest BCUT2D eigenvalue weighted by Crippen LogP contribution is -1.92. The lowest BCUT2D eigenvalue weighted by Gasteiger charge is -2.01. The molecule has 5 aromatic rings. The van der Waals surface area contributed by atoms with Gasteiger partial charge < -0.3 is 0 Å². The first-order valence-corrected chi connectivity index (χ1v) is 8.62. The summed E-state index contributed by atoms with van der Waals surface area (Å²) in [5.74, 6) is 0.560. The average Bonchev–Trinajstić information content (AvgIpc) is 3.29. The summed E-state index contributed by atoms with van der Waals surface area (Å²) in [6.07, 6.45) is 1.78. The first-order valence-electron chi connectivity index (χ1n) is 7.05. The molecule has 4 heterocycles. The molecule has 11 heteroatoms. The van der Waals surface area contributed by atoms with Crippen LogP contribution in [-0.4, -0.2) is 39.9 Å². The van der Waals surface area contributed by atoms with Crippen molar-refractivity contribution >= 4 is 45.1 Å². The Balaban J connectivity index is 1.66. The zero-order valence-electron chi connectivity index (χ0n) is 12.2. The maximum Gasteiger partial charge on any atom is 0.235 e. The van der Waals surface area contributed by atoms with E-state index in [9.17, 15) is 0 Å². The first kappa shape index (κ1) is 14.7. The van der Waals surface area contributed by atoms with E-state index in [-0.39, 0.29) is 0 Å². The predicted octanol–water partition coefficient (Wildman–Crippen LogP) is 3.26. The van der Waals surface area contributed by atoms with E-state index in [0.717, 1.165) is 10.6 Å². The molecule has 8 nitrogen and oxygen atoms in total. The maximum atomic E-state index is 6.28. The van der Waals surface area contributed by atoms with Crippen molar-refractivity contribution in [2.45, 2.75) is 0 Å².